The van der Waals surface area contributed by atoms with Gasteiger partial charge in [0.2, 0.25) is 5.91 Å². The number of rotatable bonds is 4. The quantitative estimate of drug-likeness (QED) is 0.927. The molecule has 2 rings (SSSR count). The maximum Gasteiger partial charge on any atom is 0.335 e. The Bertz CT molecular complexity index is 519. The normalized spacial score (nSPS) is 21.8. The molecule has 4 nitrogen and oxygen atoms in total. The van der Waals surface area contributed by atoms with Crippen LogP contribution in [0.25, 0.3) is 0 Å². The van der Waals surface area contributed by atoms with E-state index in [0.717, 1.165) is 31.6 Å². The highest BCUT2D eigenvalue weighted by molar-refractivity contribution is 5.91. The van der Waals surface area contributed by atoms with E-state index in [1.165, 1.54) is 0 Å². The van der Waals surface area contributed by atoms with Crippen LogP contribution in [0.2, 0.25) is 0 Å². The number of hydrogen-bond acceptors (Lipinski definition) is 2. The number of amides is 1. The minimum Gasteiger partial charge on any atom is -0.478 e. The fourth-order valence-corrected chi connectivity index (χ4v) is 3.00. The summed E-state index contributed by atoms with van der Waals surface area (Å²) < 4.78 is 0. The summed E-state index contributed by atoms with van der Waals surface area (Å²) in [6.07, 6.45) is 4.57. The van der Waals surface area contributed by atoms with Crippen LogP contribution in [0, 0.1) is 5.92 Å². The van der Waals surface area contributed by atoms with Crippen molar-refractivity contribution in [2.75, 3.05) is 7.05 Å². The third-order valence-corrected chi connectivity index (χ3v) is 4.52. The van der Waals surface area contributed by atoms with Crippen molar-refractivity contribution >= 4 is 11.9 Å². The third kappa shape index (κ3) is 3.84. The molecule has 0 saturated heterocycles. The zero-order chi connectivity index (χ0) is 15.4. The van der Waals surface area contributed by atoms with Gasteiger partial charge in [-0.1, -0.05) is 25.1 Å². The van der Waals surface area contributed by atoms with Crippen LogP contribution in [0.3, 0.4) is 0 Å². The highest BCUT2D eigenvalue weighted by atomic mass is 16.4. The average Bonchev–Trinajstić information content (AvgIpc) is 2.47. The summed E-state index contributed by atoms with van der Waals surface area (Å²) in [6.45, 7) is 2.25. The van der Waals surface area contributed by atoms with Crippen LogP contribution in [0.4, 0.5) is 0 Å². The standard InChI is InChI=1S/C17H23NO3/c1-12-7-9-14(10-8-12)18(2)16(19)11-13-5-3-4-6-15(13)17(20)21/h3-6,12,14H,7-11H2,1-2H3,(H,20,21). The zero-order valence-corrected chi connectivity index (χ0v) is 12.7. The molecule has 0 heterocycles. The van der Waals surface area contributed by atoms with Gasteiger partial charge in [-0.3, -0.25) is 4.79 Å². The van der Waals surface area contributed by atoms with E-state index in [0.29, 0.717) is 11.6 Å². The molecule has 1 saturated carbocycles. The highest BCUT2D eigenvalue weighted by Gasteiger charge is 2.25. The van der Waals surface area contributed by atoms with Gasteiger partial charge in [0.25, 0.3) is 0 Å². The molecule has 114 valence electrons. The highest BCUT2D eigenvalue weighted by Crippen LogP contribution is 2.26. The van der Waals surface area contributed by atoms with E-state index >= 15 is 0 Å². The van der Waals surface area contributed by atoms with Crippen molar-refractivity contribution in [2.24, 2.45) is 5.92 Å². The van der Waals surface area contributed by atoms with Gasteiger partial charge >= 0.3 is 5.97 Å². The van der Waals surface area contributed by atoms with Gasteiger partial charge in [0.05, 0.1) is 12.0 Å². The van der Waals surface area contributed by atoms with Crippen molar-refractivity contribution in [1.82, 2.24) is 4.90 Å². The molecule has 0 atom stereocenters. The number of benzene rings is 1. The van der Waals surface area contributed by atoms with Crippen molar-refractivity contribution in [3.8, 4) is 0 Å². The Morgan fingerprint density at radius 3 is 2.43 bits per heavy atom. The molecule has 1 N–H and O–H groups in total. The lowest BCUT2D eigenvalue weighted by molar-refractivity contribution is -0.132. The van der Waals surface area contributed by atoms with Crippen LogP contribution >= 0.6 is 0 Å². The summed E-state index contributed by atoms with van der Waals surface area (Å²) in [5.74, 6) is -0.228. The smallest absolute Gasteiger partial charge is 0.335 e. The summed E-state index contributed by atoms with van der Waals surface area (Å²) in [5.41, 5.74) is 0.808. The number of likely N-dealkylation sites (N-methyl/N-ethyl adjacent to an activating group) is 1. The second-order valence-electron chi connectivity index (χ2n) is 6.06. The van der Waals surface area contributed by atoms with Crippen LogP contribution in [0.5, 0.6) is 0 Å². The number of carbonyl (C=O) groups excluding carboxylic acids is 1. The maximum absolute atomic E-state index is 12.4. The molecule has 0 aliphatic heterocycles. The number of aromatic carboxylic acids is 1. The molecule has 0 unspecified atom stereocenters. The lowest BCUT2D eigenvalue weighted by atomic mass is 9.86. The Morgan fingerprint density at radius 1 is 1.19 bits per heavy atom. The average molecular weight is 289 g/mol. The predicted octanol–water partition coefficient (Wildman–Crippen LogP) is 2.96. The molecule has 1 fully saturated rings. The second kappa shape index (κ2) is 6.74. The lowest BCUT2D eigenvalue weighted by Crippen LogP contribution is -2.40. The zero-order valence-electron chi connectivity index (χ0n) is 12.7. The van der Waals surface area contributed by atoms with Crippen molar-refractivity contribution in [2.45, 2.75) is 45.1 Å². The Morgan fingerprint density at radius 2 is 1.81 bits per heavy atom. The first-order valence-corrected chi connectivity index (χ1v) is 7.56. The van der Waals surface area contributed by atoms with E-state index in [4.69, 9.17) is 0 Å². The van der Waals surface area contributed by atoms with Crippen molar-refractivity contribution < 1.29 is 14.7 Å². The van der Waals surface area contributed by atoms with E-state index in [9.17, 15) is 14.7 Å². The number of carbonyl (C=O) groups is 2. The minimum absolute atomic E-state index is 0.00301. The van der Waals surface area contributed by atoms with Crippen LogP contribution in [-0.2, 0) is 11.2 Å². The number of hydrogen-bond donors (Lipinski definition) is 1. The number of carboxylic acid groups (broad SMARTS) is 1. The molecule has 0 spiro atoms. The van der Waals surface area contributed by atoms with Gasteiger partial charge in [-0.05, 0) is 43.2 Å². The summed E-state index contributed by atoms with van der Waals surface area (Å²) in [4.78, 5) is 25.4. The Hall–Kier alpha value is -1.84. The van der Waals surface area contributed by atoms with E-state index in [-0.39, 0.29) is 17.9 Å². The Kier molecular flexibility index (Phi) is 4.99. The fourth-order valence-electron chi connectivity index (χ4n) is 3.00. The molecular weight excluding hydrogens is 266 g/mol. The summed E-state index contributed by atoms with van der Waals surface area (Å²) >= 11 is 0. The van der Waals surface area contributed by atoms with Gasteiger partial charge in [0.15, 0.2) is 0 Å². The lowest BCUT2D eigenvalue weighted by Gasteiger charge is -2.33. The molecule has 4 heteroatoms. The van der Waals surface area contributed by atoms with Gasteiger partial charge in [0, 0.05) is 13.1 Å². The molecule has 21 heavy (non-hydrogen) atoms. The number of carboxylic acids is 1. The van der Waals surface area contributed by atoms with Crippen molar-refractivity contribution in [3.63, 3.8) is 0 Å². The summed E-state index contributed by atoms with van der Waals surface area (Å²) in [5, 5.41) is 9.17. The molecule has 0 bridgehead atoms. The van der Waals surface area contributed by atoms with E-state index in [2.05, 4.69) is 6.92 Å². The molecule has 1 aromatic carbocycles. The van der Waals surface area contributed by atoms with Crippen molar-refractivity contribution in [3.05, 3.63) is 35.4 Å². The monoisotopic (exact) mass is 289 g/mol. The molecule has 0 radical (unpaired) electrons. The fraction of sp³-hybridized carbons (Fsp3) is 0.529. The van der Waals surface area contributed by atoms with Gasteiger partial charge in [0.1, 0.15) is 0 Å². The first-order chi connectivity index (χ1) is 9.99. The molecule has 1 amide bonds. The van der Waals surface area contributed by atoms with Gasteiger partial charge < -0.3 is 10.0 Å². The second-order valence-corrected chi connectivity index (χ2v) is 6.06. The Labute approximate surface area is 125 Å². The van der Waals surface area contributed by atoms with E-state index in [1.807, 2.05) is 11.9 Å². The summed E-state index contributed by atoms with van der Waals surface area (Å²) in [6, 6.07) is 7.03. The van der Waals surface area contributed by atoms with Crippen LogP contribution in [0.15, 0.2) is 24.3 Å². The molecule has 1 aliphatic rings. The van der Waals surface area contributed by atoms with E-state index < -0.39 is 5.97 Å². The van der Waals surface area contributed by atoms with Crippen LogP contribution < -0.4 is 0 Å². The van der Waals surface area contributed by atoms with Crippen molar-refractivity contribution in [1.29, 1.82) is 0 Å². The topological polar surface area (TPSA) is 57.6 Å². The first-order valence-electron chi connectivity index (χ1n) is 7.56. The van der Waals surface area contributed by atoms with Gasteiger partial charge in [-0.25, -0.2) is 4.79 Å². The first kappa shape index (κ1) is 15.5. The molecule has 0 aromatic heterocycles. The maximum atomic E-state index is 12.4. The number of nitrogens with zero attached hydrogens (tertiary/aromatic N) is 1. The van der Waals surface area contributed by atoms with Crippen LogP contribution in [-0.4, -0.2) is 35.0 Å². The SMILES string of the molecule is CC1CCC(N(C)C(=O)Cc2ccccc2C(=O)O)CC1. The molecule has 1 aromatic rings. The predicted molar refractivity (Wildman–Crippen MR) is 81.3 cm³/mol. The van der Waals surface area contributed by atoms with E-state index in [1.54, 1.807) is 24.3 Å². The molecule has 1 aliphatic carbocycles. The van der Waals surface area contributed by atoms with Gasteiger partial charge in [-0.15, -0.1) is 0 Å². The van der Waals surface area contributed by atoms with Crippen LogP contribution in [0.1, 0.15) is 48.5 Å². The Balaban J connectivity index is 2.03. The van der Waals surface area contributed by atoms with Gasteiger partial charge in [-0.2, -0.15) is 0 Å². The molecular formula is C17H23NO3. The summed E-state index contributed by atoms with van der Waals surface area (Å²) in [7, 11) is 1.84. The largest absolute Gasteiger partial charge is 0.478 e. The minimum atomic E-state index is -0.979. The third-order valence-electron chi connectivity index (χ3n) is 4.52.